The van der Waals surface area contributed by atoms with Crippen molar-refractivity contribution < 1.29 is 5.11 Å². The minimum Gasteiger partial charge on any atom is -0.392 e. The van der Waals surface area contributed by atoms with E-state index in [1.54, 1.807) is 6.33 Å². The van der Waals surface area contributed by atoms with Gasteiger partial charge in [0.15, 0.2) is 0 Å². The molecule has 0 fully saturated rings. The summed E-state index contributed by atoms with van der Waals surface area (Å²) in [6.45, 7) is 11.8. The Labute approximate surface area is 110 Å². The number of nitrogens with zero attached hydrogens (tertiary/aromatic N) is 3. The highest BCUT2D eigenvalue weighted by molar-refractivity contribution is 4.86. The first-order valence-corrected chi connectivity index (χ1v) is 6.57. The lowest BCUT2D eigenvalue weighted by atomic mass is 9.89. The lowest BCUT2D eigenvalue weighted by Crippen LogP contribution is -2.30. The summed E-state index contributed by atoms with van der Waals surface area (Å²) < 4.78 is 1.89. The molecule has 0 radical (unpaired) electrons. The van der Waals surface area contributed by atoms with Gasteiger partial charge in [0.2, 0.25) is 0 Å². The zero-order chi connectivity index (χ0) is 13.8. The van der Waals surface area contributed by atoms with E-state index < -0.39 is 0 Å². The molecule has 0 aromatic carbocycles. The third-order valence-electron chi connectivity index (χ3n) is 2.65. The van der Waals surface area contributed by atoms with Crippen LogP contribution in [0.15, 0.2) is 6.33 Å². The molecular formula is C13H26N4O. The second-order valence-electron chi connectivity index (χ2n) is 6.26. The maximum Gasteiger partial charge on any atom is 0.141 e. The van der Waals surface area contributed by atoms with Crippen LogP contribution in [0.25, 0.3) is 0 Å². The average Bonchev–Trinajstić information content (AvgIpc) is 2.62. The Bertz CT molecular complexity index is 354. The smallest absolute Gasteiger partial charge is 0.141 e. The van der Waals surface area contributed by atoms with Gasteiger partial charge in [0.1, 0.15) is 12.2 Å². The number of aliphatic hydroxyl groups excluding tert-OH is 1. The van der Waals surface area contributed by atoms with Gasteiger partial charge in [-0.15, -0.1) is 0 Å². The Morgan fingerprint density at radius 1 is 1.39 bits per heavy atom. The van der Waals surface area contributed by atoms with Crippen LogP contribution in [0.3, 0.4) is 0 Å². The van der Waals surface area contributed by atoms with Crippen LogP contribution >= 0.6 is 0 Å². The summed E-state index contributed by atoms with van der Waals surface area (Å²) in [5, 5.41) is 17.3. The molecule has 0 saturated carbocycles. The lowest BCUT2D eigenvalue weighted by Gasteiger charge is -2.22. The molecule has 1 aromatic rings. The number of aliphatic hydroxyl groups is 1. The van der Waals surface area contributed by atoms with Gasteiger partial charge in [-0.2, -0.15) is 5.10 Å². The highest BCUT2D eigenvalue weighted by Crippen LogP contribution is 2.20. The molecule has 5 heteroatoms. The van der Waals surface area contributed by atoms with Crippen molar-refractivity contribution in [2.24, 2.45) is 5.41 Å². The Kier molecular flexibility index (Phi) is 5.28. The molecule has 18 heavy (non-hydrogen) atoms. The number of aromatic nitrogens is 3. The van der Waals surface area contributed by atoms with E-state index in [0.717, 1.165) is 12.2 Å². The summed E-state index contributed by atoms with van der Waals surface area (Å²) in [6, 6.07) is 0.309. The highest BCUT2D eigenvalue weighted by atomic mass is 16.3. The predicted molar refractivity (Wildman–Crippen MR) is 72.2 cm³/mol. The monoisotopic (exact) mass is 254 g/mol. The maximum atomic E-state index is 9.89. The van der Waals surface area contributed by atoms with Crippen LogP contribution in [-0.4, -0.2) is 32.5 Å². The van der Waals surface area contributed by atoms with Crippen molar-refractivity contribution in [2.75, 3.05) is 6.54 Å². The van der Waals surface area contributed by atoms with Gasteiger partial charge in [-0.25, -0.2) is 9.67 Å². The van der Waals surface area contributed by atoms with Crippen LogP contribution in [-0.2, 0) is 6.54 Å². The molecule has 5 nitrogen and oxygen atoms in total. The molecule has 0 amide bonds. The number of nitrogens with one attached hydrogen (secondary N) is 1. The van der Waals surface area contributed by atoms with Crippen LogP contribution in [0.4, 0.5) is 0 Å². The van der Waals surface area contributed by atoms with Gasteiger partial charge in [0.25, 0.3) is 0 Å². The molecule has 1 heterocycles. The molecule has 0 bridgehead atoms. The van der Waals surface area contributed by atoms with Gasteiger partial charge in [0, 0.05) is 12.6 Å². The summed E-state index contributed by atoms with van der Waals surface area (Å²) in [5.74, 6) is 0.910. The first-order valence-electron chi connectivity index (χ1n) is 6.57. The molecule has 1 aromatic heterocycles. The van der Waals surface area contributed by atoms with E-state index in [1.165, 1.54) is 0 Å². The van der Waals surface area contributed by atoms with Gasteiger partial charge in [0.05, 0.1) is 12.6 Å². The van der Waals surface area contributed by atoms with Crippen LogP contribution < -0.4 is 5.32 Å². The summed E-state index contributed by atoms with van der Waals surface area (Å²) in [4.78, 5) is 4.22. The SMILES string of the molecule is CC(C)n1ncnc1CNCC(O)CC(C)(C)C. The van der Waals surface area contributed by atoms with Gasteiger partial charge in [-0.05, 0) is 25.7 Å². The highest BCUT2D eigenvalue weighted by Gasteiger charge is 2.16. The van der Waals surface area contributed by atoms with Gasteiger partial charge < -0.3 is 10.4 Å². The Morgan fingerprint density at radius 2 is 2.06 bits per heavy atom. The molecular weight excluding hydrogens is 228 g/mol. The first-order chi connectivity index (χ1) is 8.29. The molecule has 1 rings (SSSR count). The van der Waals surface area contributed by atoms with E-state index in [-0.39, 0.29) is 11.5 Å². The number of hydrogen-bond donors (Lipinski definition) is 2. The van der Waals surface area contributed by atoms with Crippen LogP contribution in [0.2, 0.25) is 0 Å². The minimum atomic E-state index is -0.319. The number of rotatable bonds is 6. The fourth-order valence-corrected chi connectivity index (χ4v) is 1.96. The predicted octanol–water partition coefficient (Wildman–Crippen LogP) is 1.75. The molecule has 0 spiro atoms. The van der Waals surface area contributed by atoms with Gasteiger partial charge in [-0.3, -0.25) is 0 Å². The van der Waals surface area contributed by atoms with Crippen LogP contribution in [0, 0.1) is 5.41 Å². The topological polar surface area (TPSA) is 63.0 Å². The fraction of sp³-hybridized carbons (Fsp3) is 0.846. The second-order valence-corrected chi connectivity index (χ2v) is 6.26. The second kappa shape index (κ2) is 6.29. The van der Waals surface area contributed by atoms with Crippen molar-refractivity contribution in [1.29, 1.82) is 0 Å². The van der Waals surface area contributed by atoms with E-state index in [4.69, 9.17) is 0 Å². The fourth-order valence-electron chi connectivity index (χ4n) is 1.96. The Morgan fingerprint density at radius 3 is 2.61 bits per heavy atom. The first kappa shape index (κ1) is 15.1. The molecule has 0 aliphatic carbocycles. The molecule has 2 N–H and O–H groups in total. The van der Waals surface area contributed by atoms with Crippen molar-refractivity contribution in [3.63, 3.8) is 0 Å². The maximum absolute atomic E-state index is 9.89. The molecule has 0 aliphatic heterocycles. The lowest BCUT2D eigenvalue weighted by molar-refractivity contribution is 0.119. The third-order valence-corrected chi connectivity index (χ3v) is 2.65. The van der Waals surface area contributed by atoms with E-state index in [0.29, 0.717) is 19.1 Å². The van der Waals surface area contributed by atoms with Crippen molar-refractivity contribution in [2.45, 2.75) is 59.7 Å². The molecule has 1 unspecified atom stereocenters. The zero-order valence-corrected chi connectivity index (χ0v) is 12.1. The van der Waals surface area contributed by atoms with Gasteiger partial charge in [-0.1, -0.05) is 20.8 Å². The average molecular weight is 254 g/mol. The van der Waals surface area contributed by atoms with E-state index in [2.05, 4.69) is 50.0 Å². The van der Waals surface area contributed by atoms with Gasteiger partial charge >= 0.3 is 0 Å². The normalized spacial score (nSPS) is 14.2. The largest absolute Gasteiger partial charge is 0.392 e. The van der Waals surface area contributed by atoms with E-state index >= 15 is 0 Å². The van der Waals surface area contributed by atoms with Crippen molar-refractivity contribution in [3.8, 4) is 0 Å². The Balaban J connectivity index is 2.35. The summed E-state index contributed by atoms with van der Waals surface area (Å²) in [6.07, 6.45) is 2.04. The van der Waals surface area contributed by atoms with Crippen LogP contribution in [0.5, 0.6) is 0 Å². The van der Waals surface area contributed by atoms with Crippen molar-refractivity contribution in [3.05, 3.63) is 12.2 Å². The Hall–Kier alpha value is -0.940. The summed E-state index contributed by atoms with van der Waals surface area (Å²) >= 11 is 0. The van der Waals surface area contributed by atoms with Crippen molar-refractivity contribution >= 4 is 0 Å². The van der Waals surface area contributed by atoms with E-state index in [9.17, 15) is 5.11 Å². The van der Waals surface area contributed by atoms with Crippen molar-refractivity contribution in [1.82, 2.24) is 20.1 Å². The molecule has 104 valence electrons. The minimum absolute atomic E-state index is 0.152. The molecule has 0 aliphatic rings. The molecule has 0 saturated heterocycles. The number of hydrogen-bond acceptors (Lipinski definition) is 4. The summed E-state index contributed by atoms with van der Waals surface area (Å²) in [5.41, 5.74) is 0.152. The standard InChI is InChI=1S/C13H26N4O/c1-10(2)17-12(15-9-16-17)8-14-7-11(18)6-13(3,4)5/h9-11,14,18H,6-8H2,1-5H3. The third kappa shape index (κ3) is 5.14. The van der Waals surface area contributed by atoms with Crippen LogP contribution in [0.1, 0.15) is 52.9 Å². The molecule has 1 atom stereocenters. The summed E-state index contributed by atoms with van der Waals surface area (Å²) in [7, 11) is 0. The zero-order valence-electron chi connectivity index (χ0n) is 12.1. The van der Waals surface area contributed by atoms with E-state index in [1.807, 2.05) is 4.68 Å². The quantitative estimate of drug-likeness (QED) is 0.812.